The number of likely N-dealkylation sites (tertiary alicyclic amines) is 1. The third-order valence-corrected chi connectivity index (χ3v) is 3.22. The Bertz CT molecular complexity index is 162. The van der Waals surface area contributed by atoms with E-state index in [2.05, 4.69) is 24.1 Å². The molecule has 0 amide bonds. The van der Waals surface area contributed by atoms with Crippen molar-refractivity contribution in [3.05, 3.63) is 0 Å². The standard InChI is InChI=1S/C12H26N2O/c1-11(2)14-8-6-12(10-14)13-7-4-3-5-9-15/h11-13,15H,3-10H2,1-2H3. The molecule has 3 heteroatoms. The van der Waals surface area contributed by atoms with Crippen LogP contribution in [0.5, 0.6) is 0 Å². The van der Waals surface area contributed by atoms with Crippen molar-refractivity contribution in [3.8, 4) is 0 Å². The summed E-state index contributed by atoms with van der Waals surface area (Å²) in [6.07, 6.45) is 4.57. The first kappa shape index (κ1) is 12.9. The van der Waals surface area contributed by atoms with Crippen LogP contribution in [0.25, 0.3) is 0 Å². The smallest absolute Gasteiger partial charge is 0.0431 e. The lowest BCUT2D eigenvalue weighted by Gasteiger charge is -2.20. The first-order valence-corrected chi connectivity index (χ1v) is 6.32. The second-order valence-corrected chi connectivity index (χ2v) is 4.81. The lowest BCUT2D eigenvalue weighted by molar-refractivity contribution is 0.267. The maximum atomic E-state index is 8.65. The number of aliphatic hydroxyl groups is 1. The van der Waals surface area contributed by atoms with Crippen LogP contribution in [0.2, 0.25) is 0 Å². The number of hydrogen-bond donors (Lipinski definition) is 2. The lowest BCUT2D eigenvalue weighted by Crippen LogP contribution is -2.35. The van der Waals surface area contributed by atoms with Crippen LogP contribution in [0.3, 0.4) is 0 Å². The first-order valence-electron chi connectivity index (χ1n) is 6.32. The molecule has 1 fully saturated rings. The second-order valence-electron chi connectivity index (χ2n) is 4.81. The molecule has 0 spiro atoms. The Hall–Kier alpha value is -0.120. The summed E-state index contributed by atoms with van der Waals surface area (Å²) in [5, 5.41) is 12.2. The van der Waals surface area contributed by atoms with Crippen LogP contribution in [0.4, 0.5) is 0 Å². The lowest BCUT2D eigenvalue weighted by atomic mass is 10.2. The van der Waals surface area contributed by atoms with E-state index in [1.54, 1.807) is 0 Å². The van der Waals surface area contributed by atoms with Gasteiger partial charge in [0.15, 0.2) is 0 Å². The van der Waals surface area contributed by atoms with Gasteiger partial charge in [-0.1, -0.05) is 0 Å². The van der Waals surface area contributed by atoms with Crippen LogP contribution >= 0.6 is 0 Å². The minimum absolute atomic E-state index is 0.338. The van der Waals surface area contributed by atoms with Crippen LogP contribution in [-0.2, 0) is 0 Å². The van der Waals surface area contributed by atoms with E-state index >= 15 is 0 Å². The van der Waals surface area contributed by atoms with E-state index in [4.69, 9.17) is 5.11 Å². The van der Waals surface area contributed by atoms with Gasteiger partial charge in [0.1, 0.15) is 0 Å². The number of aliphatic hydroxyl groups excluding tert-OH is 1. The summed E-state index contributed by atoms with van der Waals surface area (Å²) in [5.74, 6) is 0. The Morgan fingerprint density at radius 1 is 1.33 bits per heavy atom. The highest BCUT2D eigenvalue weighted by Gasteiger charge is 2.22. The molecule has 90 valence electrons. The monoisotopic (exact) mass is 214 g/mol. The molecular formula is C12H26N2O. The van der Waals surface area contributed by atoms with Crippen LogP contribution in [-0.4, -0.2) is 48.3 Å². The van der Waals surface area contributed by atoms with Gasteiger partial charge in [-0.2, -0.15) is 0 Å². The molecule has 0 saturated carbocycles. The van der Waals surface area contributed by atoms with Crippen molar-refractivity contribution in [3.63, 3.8) is 0 Å². The third-order valence-electron chi connectivity index (χ3n) is 3.22. The zero-order valence-corrected chi connectivity index (χ0v) is 10.2. The second kappa shape index (κ2) is 7.20. The van der Waals surface area contributed by atoms with E-state index < -0.39 is 0 Å². The maximum Gasteiger partial charge on any atom is 0.0431 e. The summed E-state index contributed by atoms with van der Waals surface area (Å²) >= 11 is 0. The Labute approximate surface area is 93.9 Å². The summed E-state index contributed by atoms with van der Waals surface area (Å²) in [6.45, 7) is 8.43. The number of rotatable bonds is 7. The summed E-state index contributed by atoms with van der Waals surface area (Å²) in [4.78, 5) is 2.53. The fourth-order valence-electron chi connectivity index (χ4n) is 2.14. The zero-order chi connectivity index (χ0) is 11.1. The molecule has 0 radical (unpaired) electrons. The van der Waals surface area contributed by atoms with Gasteiger partial charge >= 0.3 is 0 Å². The largest absolute Gasteiger partial charge is 0.396 e. The van der Waals surface area contributed by atoms with Gasteiger partial charge < -0.3 is 10.4 Å². The predicted molar refractivity (Wildman–Crippen MR) is 64.1 cm³/mol. The average molecular weight is 214 g/mol. The Balaban J connectivity index is 1.99. The molecule has 1 saturated heterocycles. The van der Waals surface area contributed by atoms with Gasteiger partial charge in [0.2, 0.25) is 0 Å². The van der Waals surface area contributed by atoms with Gasteiger partial charge in [0.25, 0.3) is 0 Å². The van der Waals surface area contributed by atoms with Gasteiger partial charge in [-0.15, -0.1) is 0 Å². The minimum atomic E-state index is 0.338. The molecule has 3 nitrogen and oxygen atoms in total. The van der Waals surface area contributed by atoms with E-state index in [1.807, 2.05) is 0 Å². The van der Waals surface area contributed by atoms with Gasteiger partial charge in [-0.25, -0.2) is 0 Å². The van der Waals surface area contributed by atoms with Crippen molar-refractivity contribution in [1.29, 1.82) is 0 Å². The molecule has 1 heterocycles. The fourth-order valence-corrected chi connectivity index (χ4v) is 2.14. The summed E-state index contributed by atoms with van der Waals surface area (Å²) < 4.78 is 0. The molecule has 2 N–H and O–H groups in total. The number of nitrogens with one attached hydrogen (secondary N) is 1. The minimum Gasteiger partial charge on any atom is -0.396 e. The van der Waals surface area contributed by atoms with E-state index in [1.165, 1.54) is 25.9 Å². The summed E-state index contributed by atoms with van der Waals surface area (Å²) in [6, 6.07) is 1.38. The van der Waals surface area contributed by atoms with E-state index in [0.717, 1.165) is 19.4 Å². The van der Waals surface area contributed by atoms with Crippen LogP contribution in [0, 0.1) is 0 Å². The molecule has 0 aromatic rings. The molecule has 15 heavy (non-hydrogen) atoms. The average Bonchev–Trinajstić information content (AvgIpc) is 2.66. The van der Waals surface area contributed by atoms with Gasteiger partial charge in [-0.3, -0.25) is 4.90 Å². The van der Waals surface area contributed by atoms with Crippen molar-refractivity contribution in [1.82, 2.24) is 10.2 Å². The molecule has 0 aromatic carbocycles. The van der Waals surface area contributed by atoms with Crippen molar-refractivity contribution < 1.29 is 5.11 Å². The molecule has 0 aromatic heterocycles. The third kappa shape index (κ3) is 4.96. The quantitative estimate of drug-likeness (QED) is 0.626. The van der Waals surface area contributed by atoms with Crippen molar-refractivity contribution in [2.45, 2.75) is 51.6 Å². The Morgan fingerprint density at radius 2 is 2.13 bits per heavy atom. The number of hydrogen-bond acceptors (Lipinski definition) is 3. The Morgan fingerprint density at radius 3 is 2.73 bits per heavy atom. The molecule has 1 rings (SSSR count). The van der Waals surface area contributed by atoms with Crippen molar-refractivity contribution in [2.75, 3.05) is 26.2 Å². The highest BCUT2D eigenvalue weighted by Crippen LogP contribution is 2.12. The predicted octanol–water partition coefficient (Wildman–Crippen LogP) is 1.22. The molecule has 1 unspecified atom stereocenters. The molecule has 1 aliphatic heterocycles. The molecule has 0 aliphatic carbocycles. The maximum absolute atomic E-state index is 8.65. The number of nitrogens with zero attached hydrogens (tertiary/aromatic N) is 1. The zero-order valence-electron chi connectivity index (χ0n) is 10.2. The van der Waals surface area contributed by atoms with Crippen LogP contribution in [0.1, 0.15) is 39.5 Å². The molecular weight excluding hydrogens is 188 g/mol. The summed E-state index contributed by atoms with van der Waals surface area (Å²) in [7, 11) is 0. The topological polar surface area (TPSA) is 35.5 Å². The molecule has 1 atom stereocenters. The van der Waals surface area contributed by atoms with E-state index in [0.29, 0.717) is 18.7 Å². The highest BCUT2D eigenvalue weighted by molar-refractivity contribution is 4.82. The van der Waals surface area contributed by atoms with E-state index in [9.17, 15) is 0 Å². The number of unbranched alkanes of at least 4 members (excludes halogenated alkanes) is 2. The normalized spacial score (nSPS) is 22.8. The van der Waals surface area contributed by atoms with Crippen molar-refractivity contribution >= 4 is 0 Å². The van der Waals surface area contributed by atoms with Gasteiger partial charge in [0, 0.05) is 25.2 Å². The van der Waals surface area contributed by atoms with Gasteiger partial charge in [-0.05, 0) is 52.6 Å². The van der Waals surface area contributed by atoms with Crippen LogP contribution < -0.4 is 5.32 Å². The van der Waals surface area contributed by atoms with Gasteiger partial charge in [0.05, 0.1) is 0 Å². The fraction of sp³-hybridized carbons (Fsp3) is 1.00. The van der Waals surface area contributed by atoms with E-state index in [-0.39, 0.29) is 0 Å². The molecule has 0 bridgehead atoms. The Kier molecular flexibility index (Phi) is 6.22. The summed E-state index contributed by atoms with van der Waals surface area (Å²) in [5.41, 5.74) is 0. The first-order chi connectivity index (χ1) is 7.24. The van der Waals surface area contributed by atoms with Crippen LogP contribution in [0.15, 0.2) is 0 Å². The molecule has 1 aliphatic rings. The van der Waals surface area contributed by atoms with Crippen molar-refractivity contribution in [2.24, 2.45) is 0 Å². The SMILES string of the molecule is CC(C)N1CCC(NCCCCCO)C1. The highest BCUT2D eigenvalue weighted by atomic mass is 16.2.